The molecular formula is C10H15N5. The lowest BCUT2D eigenvalue weighted by Gasteiger charge is -2.03. The summed E-state index contributed by atoms with van der Waals surface area (Å²) >= 11 is 0. The molecule has 0 radical (unpaired) electrons. The summed E-state index contributed by atoms with van der Waals surface area (Å²) in [7, 11) is 1.96. The van der Waals surface area contributed by atoms with Crippen LogP contribution in [0.3, 0.4) is 0 Å². The molecule has 0 aliphatic rings. The molecule has 0 saturated heterocycles. The van der Waals surface area contributed by atoms with Gasteiger partial charge in [-0.05, 0) is 13.8 Å². The Hall–Kier alpha value is -1.78. The molecule has 2 heterocycles. The second-order valence-electron chi connectivity index (χ2n) is 3.56. The first kappa shape index (κ1) is 9.76. The number of H-pyrrole nitrogens is 1. The van der Waals surface area contributed by atoms with Crippen molar-refractivity contribution in [2.24, 2.45) is 7.05 Å². The number of aromatic nitrogens is 4. The first-order valence-electron chi connectivity index (χ1n) is 4.91. The summed E-state index contributed by atoms with van der Waals surface area (Å²) in [5.41, 5.74) is 3.48. The van der Waals surface area contributed by atoms with Crippen LogP contribution in [0.1, 0.15) is 17.0 Å². The van der Waals surface area contributed by atoms with E-state index in [0.717, 1.165) is 18.2 Å². The van der Waals surface area contributed by atoms with Gasteiger partial charge < -0.3 is 10.3 Å². The smallest absolute Gasteiger partial charge is 0.200 e. The Labute approximate surface area is 88.5 Å². The second-order valence-corrected chi connectivity index (χ2v) is 3.56. The second kappa shape index (κ2) is 3.76. The summed E-state index contributed by atoms with van der Waals surface area (Å²) in [4.78, 5) is 7.11. The van der Waals surface area contributed by atoms with Gasteiger partial charge in [0.05, 0.1) is 5.69 Å². The van der Waals surface area contributed by atoms with E-state index >= 15 is 0 Å². The summed E-state index contributed by atoms with van der Waals surface area (Å²) in [6.07, 6.45) is 3.52. The number of hydrogen-bond acceptors (Lipinski definition) is 3. The molecule has 0 saturated carbocycles. The topological polar surface area (TPSA) is 58.5 Å². The average molecular weight is 205 g/mol. The standard InChI is InChI=1S/C10H15N5/c1-7-9(8(2)15(3)14-7)6-13-10-11-4-5-12-10/h4-5H,6H2,1-3H3,(H2,11,12,13). The highest BCUT2D eigenvalue weighted by molar-refractivity contribution is 5.31. The minimum atomic E-state index is 0.749. The lowest BCUT2D eigenvalue weighted by molar-refractivity contribution is 0.730. The number of imidazole rings is 1. The molecule has 0 fully saturated rings. The van der Waals surface area contributed by atoms with Crippen molar-refractivity contribution in [2.45, 2.75) is 20.4 Å². The van der Waals surface area contributed by atoms with Crippen LogP contribution in [0.25, 0.3) is 0 Å². The van der Waals surface area contributed by atoms with Crippen LogP contribution in [0.15, 0.2) is 12.4 Å². The predicted octanol–water partition coefficient (Wildman–Crippen LogP) is 1.37. The number of rotatable bonds is 3. The van der Waals surface area contributed by atoms with Gasteiger partial charge in [0, 0.05) is 37.2 Å². The molecule has 0 spiro atoms. The fraction of sp³-hybridized carbons (Fsp3) is 0.400. The van der Waals surface area contributed by atoms with Crippen LogP contribution in [-0.2, 0) is 13.6 Å². The average Bonchev–Trinajstić information content (AvgIpc) is 2.76. The Bertz CT molecular complexity index is 441. The minimum Gasteiger partial charge on any atom is -0.352 e. The minimum absolute atomic E-state index is 0.749. The monoisotopic (exact) mass is 205 g/mol. The molecule has 2 aromatic rings. The summed E-state index contributed by atoms with van der Waals surface area (Å²) in [6.45, 7) is 4.84. The lowest BCUT2D eigenvalue weighted by Crippen LogP contribution is -2.03. The van der Waals surface area contributed by atoms with Crippen molar-refractivity contribution in [1.82, 2.24) is 19.7 Å². The summed E-state index contributed by atoms with van der Waals surface area (Å²) in [5.74, 6) is 0.789. The van der Waals surface area contributed by atoms with Crippen molar-refractivity contribution < 1.29 is 0 Å². The Balaban J connectivity index is 2.11. The molecule has 0 bridgehead atoms. The van der Waals surface area contributed by atoms with Gasteiger partial charge in [0.2, 0.25) is 0 Å². The highest BCUT2D eigenvalue weighted by Gasteiger charge is 2.08. The fourth-order valence-electron chi connectivity index (χ4n) is 1.61. The molecule has 5 nitrogen and oxygen atoms in total. The van der Waals surface area contributed by atoms with E-state index in [1.807, 2.05) is 18.7 Å². The van der Waals surface area contributed by atoms with Gasteiger partial charge in [0.1, 0.15) is 0 Å². The van der Waals surface area contributed by atoms with Crippen LogP contribution in [0.5, 0.6) is 0 Å². The van der Waals surface area contributed by atoms with E-state index in [1.54, 1.807) is 12.4 Å². The molecular weight excluding hydrogens is 190 g/mol. The van der Waals surface area contributed by atoms with Crippen molar-refractivity contribution >= 4 is 5.95 Å². The number of nitrogens with one attached hydrogen (secondary N) is 2. The third kappa shape index (κ3) is 1.86. The Kier molecular flexibility index (Phi) is 2.45. The summed E-state index contributed by atoms with van der Waals surface area (Å²) < 4.78 is 1.90. The maximum Gasteiger partial charge on any atom is 0.200 e. The Morgan fingerprint density at radius 3 is 2.80 bits per heavy atom. The predicted molar refractivity (Wildman–Crippen MR) is 58.6 cm³/mol. The number of nitrogens with zero attached hydrogens (tertiary/aromatic N) is 3. The molecule has 15 heavy (non-hydrogen) atoms. The maximum atomic E-state index is 4.36. The van der Waals surface area contributed by atoms with Crippen molar-refractivity contribution in [1.29, 1.82) is 0 Å². The van der Waals surface area contributed by atoms with Gasteiger partial charge >= 0.3 is 0 Å². The third-order valence-electron chi connectivity index (χ3n) is 2.59. The molecule has 0 aliphatic heterocycles. The molecule has 0 aromatic carbocycles. The summed E-state index contributed by atoms with van der Waals surface area (Å²) in [6, 6.07) is 0. The van der Waals surface area contributed by atoms with Gasteiger partial charge in [-0.25, -0.2) is 4.98 Å². The van der Waals surface area contributed by atoms with E-state index in [1.165, 1.54) is 11.3 Å². The third-order valence-corrected chi connectivity index (χ3v) is 2.59. The molecule has 80 valence electrons. The van der Waals surface area contributed by atoms with Gasteiger partial charge in [-0.1, -0.05) is 0 Å². The van der Waals surface area contributed by atoms with E-state index in [-0.39, 0.29) is 0 Å². The molecule has 2 aromatic heterocycles. The summed E-state index contributed by atoms with van der Waals surface area (Å²) in [5, 5.41) is 7.57. The highest BCUT2D eigenvalue weighted by atomic mass is 15.3. The fourth-order valence-corrected chi connectivity index (χ4v) is 1.61. The lowest BCUT2D eigenvalue weighted by atomic mass is 10.2. The Morgan fingerprint density at radius 1 is 1.47 bits per heavy atom. The van der Waals surface area contributed by atoms with Gasteiger partial charge in [-0.15, -0.1) is 0 Å². The molecule has 0 unspecified atom stereocenters. The first-order valence-corrected chi connectivity index (χ1v) is 4.91. The zero-order valence-electron chi connectivity index (χ0n) is 9.20. The van der Waals surface area contributed by atoms with Crippen molar-refractivity contribution in [3.05, 3.63) is 29.3 Å². The molecule has 0 aliphatic carbocycles. The van der Waals surface area contributed by atoms with Crippen molar-refractivity contribution in [2.75, 3.05) is 5.32 Å². The van der Waals surface area contributed by atoms with Crippen molar-refractivity contribution in [3.63, 3.8) is 0 Å². The number of hydrogen-bond donors (Lipinski definition) is 2. The van der Waals surface area contributed by atoms with Gasteiger partial charge in [-0.2, -0.15) is 5.10 Å². The molecule has 2 N–H and O–H groups in total. The molecule has 0 atom stereocenters. The molecule has 5 heteroatoms. The normalized spacial score (nSPS) is 10.6. The largest absolute Gasteiger partial charge is 0.352 e. The molecule has 0 amide bonds. The van der Waals surface area contributed by atoms with Gasteiger partial charge in [0.15, 0.2) is 5.95 Å². The van der Waals surface area contributed by atoms with Crippen LogP contribution < -0.4 is 5.32 Å². The van der Waals surface area contributed by atoms with E-state index in [0.29, 0.717) is 0 Å². The number of anilines is 1. The number of aryl methyl sites for hydroxylation is 2. The number of aromatic amines is 1. The van der Waals surface area contributed by atoms with E-state index in [9.17, 15) is 0 Å². The van der Waals surface area contributed by atoms with Crippen LogP contribution in [0, 0.1) is 13.8 Å². The van der Waals surface area contributed by atoms with Crippen LogP contribution in [-0.4, -0.2) is 19.7 Å². The highest BCUT2D eigenvalue weighted by Crippen LogP contribution is 2.12. The van der Waals surface area contributed by atoms with Crippen LogP contribution in [0.2, 0.25) is 0 Å². The van der Waals surface area contributed by atoms with Crippen molar-refractivity contribution in [3.8, 4) is 0 Å². The zero-order chi connectivity index (χ0) is 10.8. The Morgan fingerprint density at radius 2 is 2.27 bits per heavy atom. The van der Waals surface area contributed by atoms with Crippen LogP contribution in [0.4, 0.5) is 5.95 Å². The SMILES string of the molecule is Cc1nn(C)c(C)c1CNc1ncc[nH]1. The van der Waals surface area contributed by atoms with Gasteiger partial charge in [-0.3, -0.25) is 4.68 Å². The maximum absolute atomic E-state index is 4.36. The molecule has 2 rings (SSSR count). The van der Waals surface area contributed by atoms with E-state index in [2.05, 4.69) is 27.3 Å². The van der Waals surface area contributed by atoms with Crippen LogP contribution >= 0.6 is 0 Å². The van der Waals surface area contributed by atoms with Gasteiger partial charge in [0.25, 0.3) is 0 Å². The van der Waals surface area contributed by atoms with E-state index in [4.69, 9.17) is 0 Å². The zero-order valence-corrected chi connectivity index (χ0v) is 9.20. The quantitative estimate of drug-likeness (QED) is 0.795. The van der Waals surface area contributed by atoms with E-state index < -0.39 is 0 Å². The first-order chi connectivity index (χ1) is 7.18.